The van der Waals surface area contributed by atoms with E-state index in [-0.39, 0.29) is 11.5 Å². The average Bonchev–Trinajstić information content (AvgIpc) is 2.59. The molecule has 0 aliphatic rings. The highest BCUT2D eigenvalue weighted by molar-refractivity contribution is 9.10. The first-order chi connectivity index (χ1) is 7.99. The van der Waals surface area contributed by atoms with Gasteiger partial charge >= 0.3 is 0 Å². The Morgan fingerprint density at radius 2 is 2.18 bits per heavy atom. The maximum absolute atomic E-state index is 10.7. The summed E-state index contributed by atoms with van der Waals surface area (Å²) in [6.45, 7) is 1.74. The number of nitrogens with two attached hydrogens (primary N) is 1. The molecule has 2 aromatic rings. The molecule has 88 valence electrons. The van der Waals surface area contributed by atoms with E-state index >= 15 is 0 Å². The van der Waals surface area contributed by atoms with Crippen molar-refractivity contribution in [1.82, 2.24) is 5.16 Å². The van der Waals surface area contributed by atoms with Gasteiger partial charge in [-0.2, -0.15) is 0 Å². The SMILES string of the molecule is Cc1c(N)noc1-c1cc(Br)cc([N+](=O)[O-])c1. The fourth-order valence-electron chi connectivity index (χ4n) is 1.43. The van der Waals surface area contributed by atoms with Crippen LogP contribution in [0.15, 0.2) is 27.2 Å². The molecule has 1 heterocycles. The first kappa shape index (κ1) is 11.6. The average molecular weight is 298 g/mol. The molecule has 0 saturated carbocycles. The van der Waals surface area contributed by atoms with Crippen molar-refractivity contribution < 1.29 is 9.45 Å². The van der Waals surface area contributed by atoms with E-state index in [9.17, 15) is 10.1 Å². The second kappa shape index (κ2) is 4.17. The van der Waals surface area contributed by atoms with Crippen molar-refractivity contribution >= 4 is 27.4 Å². The van der Waals surface area contributed by atoms with Gasteiger partial charge in [0.15, 0.2) is 11.6 Å². The molecule has 0 fully saturated rings. The summed E-state index contributed by atoms with van der Waals surface area (Å²) in [6.07, 6.45) is 0. The molecular weight excluding hydrogens is 290 g/mol. The third kappa shape index (κ3) is 2.14. The van der Waals surface area contributed by atoms with Crippen LogP contribution in [0.5, 0.6) is 0 Å². The summed E-state index contributed by atoms with van der Waals surface area (Å²) in [5.41, 5.74) is 6.77. The third-order valence-electron chi connectivity index (χ3n) is 2.32. The van der Waals surface area contributed by atoms with Crippen LogP contribution in [0.2, 0.25) is 0 Å². The largest absolute Gasteiger partial charge is 0.381 e. The molecule has 0 bridgehead atoms. The summed E-state index contributed by atoms with van der Waals surface area (Å²) < 4.78 is 5.65. The number of non-ortho nitro benzene ring substituents is 1. The minimum atomic E-state index is -0.469. The van der Waals surface area contributed by atoms with Crippen molar-refractivity contribution in [3.8, 4) is 11.3 Å². The maximum atomic E-state index is 10.7. The van der Waals surface area contributed by atoms with Gasteiger partial charge < -0.3 is 10.3 Å². The van der Waals surface area contributed by atoms with Gasteiger partial charge in [0.1, 0.15) is 0 Å². The van der Waals surface area contributed by atoms with Crippen molar-refractivity contribution in [3.05, 3.63) is 38.3 Å². The fraction of sp³-hybridized carbons (Fsp3) is 0.100. The Morgan fingerprint density at radius 3 is 2.71 bits per heavy atom. The highest BCUT2D eigenvalue weighted by Gasteiger charge is 2.16. The molecule has 0 saturated heterocycles. The van der Waals surface area contributed by atoms with Crippen LogP contribution in [0.3, 0.4) is 0 Å². The number of nitro benzene ring substituents is 1. The van der Waals surface area contributed by atoms with Gasteiger partial charge in [-0.05, 0) is 13.0 Å². The van der Waals surface area contributed by atoms with Gasteiger partial charge in [-0.15, -0.1) is 0 Å². The van der Waals surface area contributed by atoms with Gasteiger partial charge in [0.05, 0.1) is 4.92 Å². The minimum absolute atomic E-state index is 0.0243. The smallest absolute Gasteiger partial charge is 0.271 e. The van der Waals surface area contributed by atoms with Crippen LogP contribution in [-0.4, -0.2) is 10.1 Å². The molecule has 0 amide bonds. The molecule has 2 rings (SSSR count). The normalized spacial score (nSPS) is 10.5. The summed E-state index contributed by atoms with van der Waals surface area (Å²) in [5, 5.41) is 14.4. The number of nitrogen functional groups attached to an aromatic ring is 1. The van der Waals surface area contributed by atoms with Crippen molar-refractivity contribution in [3.63, 3.8) is 0 Å². The molecule has 0 aliphatic carbocycles. The van der Waals surface area contributed by atoms with Gasteiger partial charge in [0.2, 0.25) is 0 Å². The first-order valence-corrected chi connectivity index (χ1v) is 5.45. The van der Waals surface area contributed by atoms with Crippen LogP contribution >= 0.6 is 15.9 Å². The molecule has 17 heavy (non-hydrogen) atoms. The number of benzene rings is 1. The number of nitrogens with zero attached hydrogens (tertiary/aromatic N) is 2. The highest BCUT2D eigenvalue weighted by atomic mass is 79.9. The number of hydrogen-bond donors (Lipinski definition) is 1. The molecule has 1 aromatic heterocycles. The molecule has 6 nitrogen and oxygen atoms in total. The lowest BCUT2D eigenvalue weighted by atomic mass is 10.1. The Bertz CT molecular complexity index is 594. The van der Waals surface area contributed by atoms with E-state index in [0.717, 1.165) is 0 Å². The minimum Gasteiger partial charge on any atom is -0.381 e. The number of aromatic nitrogens is 1. The summed E-state index contributed by atoms with van der Waals surface area (Å²) in [5.74, 6) is 0.717. The number of rotatable bonds is 2. The fourth-order valence-corrected chi connectivity index (χ4v) is 1.91. The number of nitro groups is 1. The van der Waals surface area contributed by atoms with Gasteiger partial charge in [0, 0.05) is 27.7 Å². The lowest BCUT2D eigenvalue weighted by Crippen LogP contribution is -1.90. The number of hydrogen-bond acceptors (Lipinski definition) is 5. The Morgan fingerprint density at radius 1 is 1.47 bits per heavy atom. The van der Waals surface area contributed by atoms with E-state index in [2.05, 4.69) is 21.1 Å². The lowest BCUT2D eigenvalue weighted by Gasteiger charge is -1.99. The van der Waals surface area contributed by atoms with E-state index in [4.69, 9.17) is 10.3 Å². The second-order valence-electron chi connectivity index (χ2n) is 3.48. The van der Waals surface area contributed by atoms with Crippen molar-refractivity contribution in [2.24, 2.45) is 0 Å². The molecule has 0 unspecified atom stereocenters. The Hall–Kier alpha value is -1.89. The monoisotopic (exact) mass is 297 g/mol. The quantitative estimate of drug-likeness (QED) is 0.679. The van der Waals surface area contributed by atoms with Crippen molar-refractivity contribution in [2.75, 3.05) is 5.73 Å². The topological polar surface area (TPSA) is 95.2 Å². The van der Waals surface area contributed by atoms with Crippen LogP contribution < -0.4 is 5.73 Å². The second-order valence-corrected chi connectivity index (χ2v) is 4.39. The Balaban J connectivity index is 2.60. The Labute approximate surface area is 105 Å². The molecule has 0 atom stereocenters. The molecule has 7 heteroatoms. The molecular formula is C10H8BrN3O3. The lowest BCUT2D eigenvalue weighted by molar-refractivity contribution is -0.384. The predicted octanol–water partition coefficient (Wildman–Crippen LogP) is 2.90. The molecule has 2 N–H and O–H groups in total. The summed E-state index contributed by atoms with van der Waals surface area (Å²) in [7, 11) is 0. The van der Waals surface area contributed by atoms with E-state index in [0.29, 0.717) is 21.4 Å². The highest BCUT2D eigenvalue weighted by Crippen LogP contribution is 2.32. The van der Waals surface area contributed by atoms with Crippen LogP contribution in [-0.2, 0) is 0 Å². The molecule has 1 aromatic carbocycles. The predicted molar refractivity (Wildman–Crippen MR) is 65.4 cm³/mol. The molecule has 0 radical (unpaired) electrons. The van der Waals surface area contributed by atoms with Gasteiger partial charge in [0.25, 0.3) is 5.69 Å². The summed E-state index contributed by atoms with van der Waals surface area (Å²) in [4.78, 5) is 10.3. The first-order valence-electron chi connectivity index (χ1n) is 4.66. The van der Waals surface area contributed by atoms with Gasteiger partial charge in [-0.1, -0.05) is 21.1 Å². The van der Waals surface area contributed by atoms with E-state index in [1.54, 1.807) is 13.0 Å². The zero-order valence-corrected chi connectivity index (χ0v) is 10.4. The summed E-state index contributed by atoms with van der Waals surface area (Å²) >= 11 is 3.21. The summed E-state index contributed by atoms with van der Waals surface area (Å²) in [6, 6.07) is 4.54. The maximum Gasteiger partial charge on any atom is 0.271 e. The Kier molecular flexibility index (Phi) is 2.84. The van der Waals surface area contributed by atoms with Gasteiger partial charge in [-0.25, -0.2) is 0 Å². The third-order valence-corrected chi connectivity index (χ3v) is 2.77. The zero-order chi connectivity index (χ0) is 12.6. The zero-order valence-electron chi connectivity index (χ0n) is 8.81. The molecule has 0 spiro atoms. The standard InChI is InChI=1S/C10H8BrN3O3/c1-5-9(17-13-10(5)12)6-2-7(11)4-8(3-6)14(15)16/h2-4H,1H3,(H2,12,13). The van der Waals surface area contributed by atoms with Crippen molar-refractivity contribution in [2.45, 2.75) is 6.92 Å². The van der Waals surface area contributed by atoms with Crippen molar-refractivity contribution in [1.29, 1.82) is 0 Å². The van der Waals surface area contributed by atoms with Crippen LogP contribution in [0.1, 0.15) is 5.56 Å². The van der Waals surface area contributed by atoms with Gasteiger partial charge in [-0.3, -0.25) is 10.1 Å². The number of anilines is 1. The number of halogens is 1. The van der Waals surface area contributed by atoms with Crippen LogP contribution in [0, 0.1) is 17.0 Å². The van der Waals surface area contributed by atoms with E-state index < -0.39 is 4.92 Å². The van der Waals surface area contributed by atoms with E-state index in [1.165, 1.54) is 12.1 Å². The van der Waals surface area contributed by atoms with Crippen LogP contribution in [0.4, 0.5) is 11.5 Å². The van der Waals surface area contributed by atoms with E-state index in [1.807, 2.05) is 0 Å². The molecule has 0 aliphatic heterocycles. The van der Waals surface area contributed by atoms with Crippen LogP contribution in [0.25, 0.3) is 11.3 Å².